The van der Waals surface area contributed by atoms with Gasteiger partial charge in [-0.2, -0.15) is 0 Å². The zero-order valence-corrected chi connectivity index (χ0v) is 14.2. The summed E-state index contributed by atoms with van der Waals surface area (Å²) in [6.45, 7) is 4.61. The first-order chi connectivity index (χ1) is 11.5. The number of thioether (sulfide) groups is 1. The molecule has 2 aliphatic rings. The molecule has 1 aromatic rings. The maximum absolute atomic E-state index is 12.5. The highest BCUT2D eigenvalue weighted by molar-refractivity contribution is 8.14. The van der Waals surface area contributed by atoms with Crippen LogP contribution in [0.5, 0.6) is 0 Å². The Hall–Kier alpha value is -2.35. The average molecular weight is 347 g/mol. The van der Waals surface area contributed by atoms with Crippen molar-refractivity contribution in [3.8, 4) is 0 Å². The maximum atomic E-state index is 12.5. The molecule has 7 nitrogen and oxygen atoms in total. The summed E-state index contributed by atoms with van der Waals surface area (Å²) < 4.78 is 5.21. The van der Waals surface area contributed by atoms with E-state index in [0.29, 0.717) is 11.3 Å². The van der Waals surface area contributed by atoms with E-state index in [-0.39, 0.29) is 18.3 Å². The number of allylic oxidation sites excluding steroid dienone is 1. The molecular formula is C16H17N3O4S. The lowest BCUT2D eigenvalue weighted by Gasteiger charge is -2.34. The van der Waals surface area contributed by atoms with E-state index in [1.165, 1.54) is 12.1 Å². The second-order valence-corrected chi connectivity index (χ2v) is 6.47. The Morgan fingerprint density at radius 2 is 2.17 bits per heavy atom. The van der Waals surface area contributed by atoms with E-state index in [9.17, 15) is 14.9 Å². The third-order valence-corrected chi connectivity index (χ3v) is 4.93. The minimum Gasteiger partial charge on any atom is -0.463 e. The molecule has 0 amide bonds. The minimum absolute atomic E-state index is 0.0256. The molecule has 0 unspecified atom stereocenters. The van der Waals surface area contributed by atoms with Crippen molar-refractivity contribution in [1.82, 2.24) is 4.90 Å². The molecule has 2 heterocycles. The number of benzene rings is 1. The van der Waals surface area contributed by atoms with Crippen LogP contribution in [-0.4, -0.2) is 39.9 Å². The molecule has 1 aromatic carbocycles. The number of hydrogen-bond donors (Lipinski definition) is 0. The van der Waals surface area contributed by atoms with Crippen LogP contribution in [0.25, 0.3) is 0 Å². The van der Waals surface area contributed by atoms with E-state index in [0.717, 1.165) is 23.0 Å². The summed E-state index contributed by atoms with van der Waals surface area (Å²) >= 11 is 1.65. The van der Waals surface area contributed by atoms with E-state index in [4.69, 9.17) is 4.74 Å². The highest BCUT2D eigenvalue weighted by Crippen LogP contribution is 2.40. The van der Waals surface area contributed by atoms with Crippen LogP contribution in [0, 0.1) is 10.1 Å². The van der Waals surface area contributed by atoms with E-state index in [2.05, 4.69) is 9.89 Å². The lowest BCUT2D eigenvalue weighted by molar-refractivity contribution is -0.384. The largest absolute Gasteiger partial charge is 0.463 e. The maximum Gasteiger partial charge on any atom is 0.338 e. The van der Waals surface area contributed by atoms with Crippen molar-refractivity contribution >= 4 is 28.6 Å². The number of hydrogen-bond acceptors (Lipinski definition) is 7. The standard InChI is InChI=1S/C16H17N3O4S/c1-3-23-15(20)13-10(2)17-16-18(8-9-24-16)14(13)11-4-6-12(7-5-11)19(21)22/h4-7,14H,3,8-9H2,1-2H3/t14-/m0/s1. The van der Waals surface area contributed by atoms with Gasteiger partial charge in [-0.25, -0.2) is 9.79 Å². The smallest absolute Gasteiger partial charge is 0.338 e. The molecule has 0 aliphatic carbocycles. The summed E-state index contributed by atoms with van der Waals surface area (Å²) in [7, 11) is 0. The van der Waals surface area contributed by atoms with E-state index >= 15 is 0 Å². The summed E-state index contributed by atoms with van der Waals surface area (Å²) in [4.78, 5) is 29.5. The number of fused-ring (bicyclic) bond motifs is 1. The minimum atomic E-state index is -0.434. The molecule has 24 heavy (non-hydrogen) atoms. The first-order valence-electron chi connectivity index (χ1n) is 7.63. The highest BCUT2D eigenvalue weighted by Gasteiger charge is 2.38. The number of esters is 1. The van der Waals surface area contributed by atoms with Crippen LogP contribution < -0.4 is 0 Å². The third kappa shape index (κ3) is 2.89. The molecule has 0 aromatic heterocycles. The van der Waals surface area contributed by atoms with Gasteiger partial charge in [-0.05, 0) is 31.5 Å². The molecule has 8 heteroatoms. The zero-order chi connectivity index (χ0) is 17.3. The molecule has 0 N–H and O–H groups in total. The van der Waals surface area contributed by atoms with Crippen LogP contribution in [0.4, 0.5) is 5.69 Å². The predicted molar refractivity (Wildman–Crippen MR) is 91.8 cm³/mol. The van der Waals surface area contributed by atoms with Gasteiger partial charge >= 0.3 is 5.97 Å². The zero-order valence-electron chi connectivity index (χ0n) is 13.4. The molecule has 0 spiro atoms. The molecule has 126 valence electrons. The Balaban J connectivity index is 2.05. The number of rotatable bonds is 4. The molecule has 1 saturated heterocycles. The Kier molecular flexibility index (Phi) is 4.57. The monoisotopic (exact) mass is 347 g/mol. The number of ether oxygens (including phenoxy) is 1. The van der Waals surface area contributed by atoms with Crippen molar-refractivity contribution in [1.29, 1.82) is 0 Å². The number of nitrogens with zero attached hydrogens (tertiary/aromatic N) is 3. The number of amidine groups is 1. The molecule has 0 saturated carbocycles. The van der Waals surface area contributed by atoms with Gasteiger partial charge in [0.2, 0.25) is 0 Å². The quantitative estimate of drug-likeness (QED) is 0.473. The molecule has 3 rings (SSSR count). The van der Waals surface area contributed by atoms with Crippen LogP contribution >= 0.6 is 11.8 Å². The van der Waals surface area contributed by atoms with Crippen LogP contribution in [0.15, 0.2) is 40.5 Å². The first-order valence-corrected chi connectivity index (χ1v) is 8.62. The van der Waals surface area contributed by atoms with E-state index in [1.54, 1.807) is 37.7 Å². The van der Waals surface area contributed by atoms with Gasteiger partial charge in [0.1, 0.15) is 0 Å². The topological polar surface area (TPSA) is 85.0 Å². The summed E-state index contributed by atoms with van der Waals surface area (Å²) in [5.74, 6) is 0.504. The van der Waals surface area contributed by atoms with Crippen LogP contribution in [0.1, 0.15) is 25.5 Å². The summed E-state index contributed by atoms with van der Waals surface area (Å²) in [6.07, 6.45) is 0. The van der Waals surface area contributed by atoms with Crippen LogP contribution in [0.2, 0.25) is 0 Å². The average Bonchev–Trinajstić information content (AvgIpc) is 3.01. The number of nitro benzene ring substituents is 1. The number of non-ortho nitro benzene ring substituents is 1. The summed E-state index contributed by atoms with van der Waals surface area (Å²) in [6, 6.07) is 5.99. The normalized spacial score (nSPS) is 19.8. The molecular weight excluding hydrogens is 330 g/mol. The molecule has 0 radical (unpaired) electrons. The van der Waals surface area contributed by atoms with Gasteiger partial charge in [-0.3, -0.25) is 10.1 Å². The summed E-state index contributed by atoms with van der Waals surface area (Å²) in [5, 5.41) is 11.7. The van der Waals surface area contributed by atoms with Crippen LogP contribution in [-0.2, 0) is 9.53 Å². The highest BCUT2D eigenvalue weighted by atomic mass is 32.2. The second-order valence-electron chi connectivity index (χ2n) is 5.41. The van der Waals surface area contributed by atoms with Crippen molar-refractivity contribution in [2.45, 2.75) is 19.9 Å². The number of aliphatic imine (C=N–C) groups is 1. The van der Waals surface area contributed by atoms with Crippen molar-refractivity contribution in [3.05, 3.63) is 51.2 Å². The van der Waals surface area contributed by atoms with Crippen molar-refractivity contribution in [2.75, 3.05) is 18.9 Å². The predicted octanol–water partition coefficient (Wildman–Crippen LogP) is 2.89. The SMILES string of the molecule is CCOC(=O)C1=C(C)N=C2SCCN2[C@H]1c1ccc([N+](=O)[O-])cc1. The Bertz CT molecular complexity index is 742. The lowest BCUT2D eigenvalue weighted by Crippen LogP contribution is -2.36. The molecule has 1 atom stereocenters. The fraction of sp³-hybridized carbons (Fsp3) is 0.375. The van der Waals surface area contributed by atoms with E-state index < -0.39 is 10.9 Å². The van der Waals surface area contributed by atoms with Gasteiger partial charge in [0.25, 0.3) is 5.69 Å². The van der Waals surface area contributed by atoms with Gasteiger partial charge in [0.05, 0.1) is 28.8 Å². The first kappa shape index (κ1) is 16.5. The molecule has 0 bridgehead atoms. The fourth-order valence-electron chi connectivity index (χ4n) is 2.90. The summed E-state index contributed by atoms with van der Waals surface area (Å²) in [5.41, 5.74) is 1.98. The fourth-order valence-corrected chi connectivity index (χ4v) is 3.93. The van der Waals surface area contributed by atoms with Gasteiger partial charge in [-0.1, -0.05) is 11.8 Å². The Morgan fingerprint density at radius 1 is 1.46 bits per heavy atom. The number of nitro groups is 1. The van der Waals surface area contributed by atoms with Crippen LogP contribution in [0.3, 0.4) is 0 Å². The number of carbonyl (C=O) groups excluding carboxylic acids is 1. The lowest BCUT2D eigenvalue weighted by atomic mass is 9.94. The van der Waals surface area contributed by atoms with Gasteiger partial charge in [0.15, 0.2) is 5.17 Å². The van der Waals surface area contributed by atoms with E-state index in [1.807, 2.05) is 0 Å². The van der Waals surface area contributed by atoms with Gasteiger partial charge < -0.3 is 9.64 Å². The molecule has 1 fully saturated rings. The molecule has 2 aliphatic heterocycles. The second kappa shape index (κ2) is 6.64. The van der Waals surface area contributed by atoms with Gasteiger partial charge in [0, 0.05) is 24.4 Å². The Morgan fingerprint density at radius 3 is 2.79 bits per heavy atom. The third-order valence-electron chi connectivity index (χ3n) is 3.96. The van der Waals surface area contributed by atoms with Crippen molar-refractivity contribution in [2.24, 2.45) is 4.99 Å². The van der Waals surface area contributed by atoms with Crippen molar-refractivity contribution < 1.29 is 14.5 Å². The van der Waals surface area contributed by atoms with Crippen molar-refractivity contribution in [3.63, 3.8) is 0 Å². The Labute approximate surface area is 143 Å². The number of carbonyl (C=O) groups is 1. The van der Waals surface area contributed by atoms with Gasteiger partial charge in [-0.15, -0.1) is 0 Å².